The average Bonchev–Trinajstić information content (AvgIpc) is 3.07. The molecule has 1 aromatic carbocycles. The molecule has 1 fully saturated rings. The van der Waals surface area contributed by atoms with Gasteiger partial charge in [0.05, 0.1) is 30.4 Å². The number of aryl methyl sites for hydroxylation is 1. The summed E-state index contributed by atoms with van der Waals surface area (Å²) in [6.07, 6.45) is 3.30. The number of nitrogens with zero attached hydrogens (tertiary/aromatic N) is 6. The molecule has 9 heteroatoms. The van der Waals surface area contributed by atoms with Gasteiger partial charge >= 0.3 is 5.97 Å². The molecule has 1 aliphatic rings. The molecular weight excluding hydrogens is 372 g/mol. The average molecular weight is 398 g/mol. The minimum atomic E-state index is -0.126. The van der Waals surface area contributed by atoms with Crippen LogP contribution in [0.5, 0.6) is 5.75 Å². The zero-order valence-electron chi connectivity index (χ0n) is 17.0. The summed E-state index contributed by atoms with van der Waals surface area (Å²) >= 11 is 0. The van der Waals surface area contributed by atoms with Crippen LogP contribution in [0.1, 0.15) is 45.2 Å². The van der Waals surface area contributed by atoms with Gasteiger partial charge in [-0.3, -0.25) is 9.48 Å². The molecule has 1 heterocycles. The van der Waals surface area contributed by atoms with Crippen molar-refractivity contribution in [2.24, 2.45) is 18.1 Å². The summed E-state index contributed by atoms with van der Waals surface area (Å²) in [5.41, 5.74) is 10.9. The Morgan fingerprint density at radius 1 is 1.34 bits per heavy atom. The molecule has 3 rings (SSSR count). The molecule has 0 N–H and O–H groups in total. The van der Waals surface area contributed by atoms with Crippen LogP contribution in [0.15, 0.2) is 29.4 Å². The van der Waals surface area contributed by atoms with Crippen molar-refractivity contribution < 1.29 is 14.3 Å². The van der Waals surface area contributed by atoms with Crippen molar-refractivity contribution in [3.05, 3.63) is 40.4 Å². The van der Waals surface area contributed by atoms with Crippen LogP contribution in [-0.2, 0) is 23.1 Å². The molecule has 0 aliphatic heterocycles. The smallest absolute Gasteiger partial charge is 0.309 e. The third-order valence-electron chi connectivity index (χ3n) is 4.97. The Kier molecular flexibility index (Phi) is 6.72. The molecule has 1 saturated carbocycles. The number of azide groups is 1. The Morgan fingerprint density at radius 2 is 2.10 bits per heavy atom. The highest BCUT2D eigenvalue weighted by Crippen LogP contribution is 2.30. The fourth-order valence-electron chi connectivity index (χ4n) is 3.56. The lowest BCUT2D eigenvalue weighted by Gasteiger charge is -2.29. The highest BCUT2D eigenvalue weighted by Gasteiger charge is 2.30. The summed E-state index contributed by atoms with van der Waals surface area (Å²) in [7, 11) is 1.76. The van der Waals surface area contributed by atoms with Crippen molar-refractivity contribution in [2.45, 2.75) is 58.3 Å². The zero-order chi connectivity index (χ0) is 20.8. The second-order valence-electron chi connectivity index (χ2n) is 7.51. The molecule has 154 valence electrons. The number of carbonyl (C=O) groups excluding carboxylic acids is 1. The molecule has 9 nitrogen and oxygen atoms in total. The number of carbonyl (C=O) groups is 1. The first-order chi connectivity index (χ1) is 14.0. The minimum absolute atomic E-state index is 0.00337. The number of rotatable bonds is 7. The summed E-state index contributed by atoms with van der Waals surface area (Å²) in [5.74, 6) is 0.522. The van der Waals surface area contributed by atoms with Crippen molar-refractivity contribution in [1.82, 2.24) is 15.0 Å². The number of aromatic nitrogens is 3. The molecule has 0 amide bonds. The highest BCUT2D eigenvalue weighted by atomic mass is 16.5. The van der Waals surface area contributed by atoms with Crippen LogP contribution in [0.3, 0.4) is 0 Å². The maximum absolute atomic E-state index is 12.2. The first kappa shape index (κ1) is 20.7. The molecule has 1 aromatic heterocycles. The number of hydrogen-bond donors (Lipinski definition) is 0. The predicted octanol–water partition coefficient (Wildman–Crippen LogP) is 4.18. The van der Waals surface area contributed by atoms with Gasteiger partial charge in [-0.1, -0.05) is 10.3 Å². The van der Waals surface area contributed by atoms with Gasteiger partial charge in [-0.05, 0) is 69.3 Å². The zero-order valence-corrected chi connectivity index (χ0v) is 17.0. The lowest BCUT2D eigenvalue weighted by Crippen LogP contribution is -2.31. The number of ether oxygens (including phenoxy) is 2. The van der Waals surface area contributed by atoms with Crippen molar-refractivity contribution >= 4 is 5.97 Å². The van der Waals surface area contributed by atoms with E-state index in [1.807, 2.05) is 38.1 Å². The molecule has 0 radical (unpaired) electrons. The highest BCUT2D eigenvalue weighted by molar-refractivity contribution is 5.72. The van der Waals surface area contributed by atoms with Crippen molar-refractivity contribution in [2.75, 3.05) is 0 Å². The summed E-state index contributed by atoms with van der Waals surface area (Å²) < 4.78 is 13.1. The molecule has 1 aliphatic carbocycles. The van der Waals surface area contributed by atoms with Gasteiger partial charge in [-0.25, -0.2) is 0 Å². The maximum atomic E-state index is 12.2. The van der Waals surface area contributed by atoms with E-state index in [-0.39, 0.29) is 30.6 Å². The van der Waals surface area contributed by atoms with Gasteiger partial charge in [0.15, 0.2) is 0 Å². The minimum Gasteiger partial charge on any atom is -0.490 e. The largest absolute Gasteiger partial charge is 0.490 e. The topological polar surface area (TPSA) is 115 Å². The maximum Gasteiger partial charge on any atom is 0.309 e. The van der Waals surface area contributed by atoms with E-state index in [4.69, 9.17) is 15.0 Å². The molecule has 2 atom stereocenters. The Hall–Kier alpha value is -3.06. The lowest BCUT2D eigenvalue weighted by molar-refractivity contribution is -0.154. The Labute approximate surface area is 169 Å². The van der Waals surface area contributed by atoms with Crippen LogP contribution < -0.4 is 4.74 Å². The van der Waals surface area contributed by atoms with E-state index in [1.54, 1.807) is 11.7 Å². The Morgan fingerprint density at radius 3 is 2.79 bits per heavy atom. The Balaban J connectivity index is 1.65. The monoisotopic (exact) mass is 398 g/mol. The van der Waals surface area contributed by atoms with E-state index >= 15 is 0 Å². The number of benzene rings is 1. The van der Waals surface area contributed by atoms with E-state index in [0.717, 1.165) is 36.3 Å². The number of hydrogen-bond acceptors (Lipinski definition) is 6. The van der Waals surface area contributed by atoms with Crippen molar-refractivity contribution in [3.8, 4) is 17.0 Å². The van der Waals surface area contributed by atoms with Gasteiger partial charge in [0.25, 0.3) is 0 Å². The summed E-state index contributed by atoms with van der Waals surface area (Å²) in [6.45, 7) is 3.92. The first-order valence-electron chi connectivity index (χ1n) is 9.85. The summed E-state index contributed by atoms with van der Waals surface area (Å²) in [4.78, 5) is 15.0. The number of esters is 1. The van der Waals surface area contributed by atoms with Crippen LogP contribution in [0, 0.1) is 5.92 Å². The van der Waals surface area contributed by atoms with E-state index in [0.29, 0.717) is 12.1 Å². The summed E-state index contributed by atoms with van der Waals surface area (Å²) in [6, 6.07) is 7.59. The fourth-order valence-corrected chi connectivity index (χ4v) is 3.56. The third kappa shape index (κ3) is 5.26. The van der Waals surface area contributed by atoms with Gasteiger partial charge < -0.3 is 9.47 Å². The van der Waals surface area contributed by atoms with Gasteiger partial charge in [0.1, 0.15) is 11.4 Å². The third-order valence-corrected chi connectivity index (χ3v) is 4.97. The van der Waals surface area contributed by atoms with Crippen LogP contribution >= 0.6 is 0 Å². The first-order valence-corrected chi connectivity index (χ1v) is 9.85. The van der Waals surface area contributed by atoms with Crippen molar-refractivity contribution in [1.29, 1.82) is 0 Å². The van der Waals surface area contributed by atoms with Gasteiger partial charge in [0.2, 0.25) is 0 Å². The van der Waals surface area contributed by atoms with E-state index in [1.165, 1.54) is 0 Å². The normalized spacial score (nSPS) is 18.9. The Bertz CT molecular complexity index is 886. The second kappa shape index (κ2) is 9.43. The van der Waals surface area contributed by atoms with Crippen molar-refractivity contribution in [3.63, 3.8) is 0 Å². The molecule has 0 saturated heterocycles. The van der Waals surface area contributed by atoms with Gasteiger partial charge in [-0.15, -0.1) is 5.10 Å². The molecular formula is C20H26N6O3. The van der Waals surface area contributed by atoms with Crippen LogP contribution in [-0.4, -0.2) is 33.2 Å². The van der Waals surface area contributed by atoms with E-state index in [2.05, 4.69) is 20.3 Å². The summed E-state index contributed by atoms with van der Waals surface area (Å²) in [5, 5.41) is 11.8. The molecule has 0 spiro atoms. The van der Waals surface area contributed by atoms with Crippen LogP contribution in [0.2, 0.25) is 0 Å². The van der Waals surface area contributed by atoms with Crippen LogP contribution in [0.4, 0.5) is 0 Å². The molecule has 2 aromatic rings. The van der Waals surface area contributed by atoms with E-state index in [9.17, 15) is 4.79 Å². The molecule has 29 heavy (non-hydrogen) atoms. The lowest BCUT2D eigenvalue weighted by atomic mass is 9.87. The SMILES string of the molecule is CC(C)OC(=O)[C@@H]1CCC[C@@H](Oc2ccc(-c3nnn(C)c3CN=[N+]=[N-])cc2)C1. The van der Waals surface area contributed by atoms with E-state index < -0.39 is 0 Å². The fraction of sp³-hybridized carbons (Fsp3) is 0.550. The standard InChI is InChI=1S/C20H26N6O3/c1-13(2)28-20(27)15-5-4-6-17(11-15)29-16-9-7-14(8-10-16)19-18(12-22-24-21)26(3)25-23-19/h7-10,13,15,17H,4-6,11-12H2,1-3H3/t15-,17-/m1/s1. The molecule has 0 bridgehead atoms. The quantitative estimate of drug-likeness (QED) is 0.300. The van der Waals surface area contributed by atoms with Gasteiger partial charge in [0, 0.05) is 17.5 Å². The van der Waals surface area contributed by atoms with Gasteiger partial charge in [-0.2, -0.15) is 0 Å². The predicted molar refractivity (Wildman–Crippen MR) is 107 cm³/mol. The second-order valence-corrected chi connectivity index (χ2v) is 7.51. The molecule has 0 unspecified atom stereocenters. The van der Waals surface area contributed by atoms with Crippen LogP contribution in [0.25, 0.3) is 21.7 Å².